The number of nitrogens with one attached hydrogen (secondary N) is 1. The number of methoxy groups -OCH3 is 1. The third-order valence-electron chi connectivity index (χ3n) is 5.77. The molecular weight excluding hydrogens is 412 g/mol. The summed E-state index contributed by atoms with van der Waals surface area (Å²) in [4.78, 5) is 15.6. The van der Waals surface area contributed by atoms with Gasteiger partial charge in [-0.3, -0.25) is 4.79 Å². The number of pyridine rings is 1. The average molecular weight is 435 g/mol. The van der Waals surface area contributed by atoms with Gasteiger partial charge in [0, 0.05) is 34.4 Å². The fourth-order valence-corrected chi connectivity index (χ4v) is 3.90. The number of anilines is 1. The summed E-state index contributed by atoms with van der Waals surface area (Å²) in [5.41, 5.74) is 4.97. The summed E-state index contributed by atoms with van der Waals surface area (Å²) in [5.74, 6) is 0.481. The van der Waals surface area contributed by atoms with Crippen LogP contribution >= 0.6 is 11.6 Å². The van der Waals surface area contributed by atoms with Crippen molar-refractivity contribution in [3.05, 3.63) is 83.5 Å². The normalized spacial score (nSPS) is 15.5. The molecule has 0 spiro atoms. The first kappa shape index (κ1) is 21.1. The second-order valence-electron chi connectivity index (χ2n) is 7.70. The molecule has 6 heteroatoms. The van der Waals surface area contributed by atoms with Crippen molar-refractivity contribution in [2.24, 2.45) is 0 Å². The Morgan fingerprint density at radius 1 is 1.16 bits per heavy atom. The number of aliphatic hydroxyl groups excluding tert-OH is 1. The van der Waals surface area contributed by atoms with Crippen molar-refractivity contribution in [2.75, 3.05) is 19.0 Å². The molecule has 0 atom stereocenters. The van der Waals surface area contributed by atoms with Gasteiger partial charge >= 0.3 is 0 Å². The van der Waals surface area contributed by atoms with Crippen LogP contribution in [0.4, 0.5) is 5.69 Å². The fraction of sp³-hybridized carbons (Fsp3) is 0.200. The summed E-state index contributed by atoms with van der Waals surface area (Å²) in [6.07, 6.45) is 3.77. The lowest BCUT2D eigenvalue weighted by atomic mass is 9.93. The molecule has 0 radical (unpaired) electrons. The quantitative estimate of drug-likeness (QED) is 0.561. The van der Waals surface area contributed by atoms with E-state index in [0.717, 1.165) is 29.5 Å². The van der Waals surface area contributed by atoms with Crippen LogP contribution in [0, 0.1) is 0 Å². The minimum Gasteiger partial charge on any atom is -0.481 e. The largest absolute Gasteiger partial charge is 0.481 e. The van der Waals surface area contributed by atoms with Gasteiger partial charge < -0.3 is 15.2 Å². The van der Waals surface area contributed by atoms with Gasteiger partial charge in [-0.2, -0.15) is 0 Å². The molecular formula is C25H23ClN2O3. The second-order valence-corrected chi connectivity index (χ2v) is 8.11. The van der Waals surface area contributed by atoms with Crippen LogP contribution in [0.15, 0.2) is 67.4 Å². The lowest BCUT2D eigenvalue weighted by molar-refractivity contribution is -0.110. The van der Waals surface area contributed by atoms with Gasteiger partial charge in [-0.25, -0.2) is 4.98 Å². The Morgan fingerprint density at radius 2 is 1.90 bits per heavy atom. The van der Waals surface area contributed by atoms with Crippen molar-refractivity contribution < 1.29 is 14.6 Å². The minimum absolute atomic E-state index is 0.0368. The van der Waals surface area contributed by atoms with Crippen LogP contribution < -0.4 is 10.1 Å². The molecule has 0 bridgehead atoms. The summed E-state index contributed by atoms with van der Waals surface area (Å²) < 4.78 is 4.80. The number of aliphatic hydroxyl groups is 1. The SMILES string of the molecule is C=C1C(=O)Nc2cc(Cl)c(-c3ccc(C4(CO)CC4)cc3)cc21.COc1ccccn1. The van der Waals surface area contributed by atoms with Crippen molar-refractivity contribution in [3.8, 4) is 17.0 Å². The molecule has 1 aliphatic carbocycles. The molecule has 3 aromatic rings. The van der Waals surface area contributed by atoms with E-state index in [0.29, 0.717) is 22.2 Å². The van der Waals surface area contributed by atoms with Crippen LogP contribution in [-0.2, 0) is 10.2 Å². The first-order chi connectivity index (χ1) is 15.0. The molecule has 1 saturated carbocycles. The molecule has 31 heavy (non-hydrogen) atoms. The van der Waals surface area contributed by atoms with Gasteiger partial charge in [-0.1, -0.05) is 48.5 Å². The van der Waals surface area contributed by atoms with Crippen LogP contribution in [0.5, 0.6) is 5.88 Å². The number of carbonyl (C=O) groups excluding carboxylic acids is 1. The van der Waals surface area contributed by atoms with E-state index in [1.807, 2.05) is 30.3 Å². The van der Waals surface area contributed by atoms with Crippen LogP contribution in [0.1, 0.15) is 24.0 Å². The maximum absolute atomic E-state index is 11.7. The Balaban J connectivity index is 0.000000245. The fourth-order valence-electron chi connectivity index (χ4n) is 3.63. The zero-order chi connectivity index (χ0) is 22.0. The van der Waals surface area contributed by atoms with Gasteiger partial charge in [0.15, 0.2) is 0 Å². The monoisotopic (exact) mass is 434 g/mol. The number of rotatable bonds is 4. The maximum Gasteiger partial charge on any atom is 0.255 e. The number of nitrogens with zero attached hydrogens (tertiary/aromatic N) is 1. The van der Waals surface area contributed by atoms with Crippen molar-refractivity contribution in [3.63, 3.8) is 0 Å². The van der Waals surface area contributed by atoms with Gasteiger partial charge in [-0.05, 0) is 42.2 Å². The second kappa shape index (κ2) is 8.53. The zero-order valence-corrected chi connectivity index (χ0v) is 17.9. The van der Waals surface area contributed by atoms with E-state index in [2.05, 4.69) is 29.0 Å². The number of hydrogen-bond donors (Lipinski definition) is 2. The zero-order valence-electron chi connectivity index (χ0n) is 17.2. The first-order valence-electron chi connectivity index (χ1n) is 9.98. The van der Waals surface area contributed by atoms with Crippen LogP contribution in [-0.4, -0.2) is 29.7 Å². The molecule has 158 valence electrons. The lowest BCUT2D eigenvalue weighted by Gasteiger charge is -2.13. The van der Waals surface area contributed by atoms with E-state index in [1.54, 1.807) is 25.4 Å². The molecule has 2 aromatic carbocycles. The van der Waals surface area contributed by atoms with E-state index < -0.39 is 0 Å². The van der Waals surface area contributed by atoms with E-state index in [9.17, 15) is 9.90 Å². The smallest absolute Gasteiger partial charge is 0.255 e. The van der Waals surface area contributed by atoms with Crippen LogP contribution in [0.3, 0.4) is 0 Å². The molecule has 2 heterocycles. The Morgan fingerprint density at radius 3 is 2.45 bits per heavy atom. The molecule has 1 fully saturated rings. The predicted molar refractivity (Wildman–Crippen MR) is 123 cm³/mol. The van der Waals surface area contributed by atoms with E-state index in [-0.39, 0.29) is 17.9 Å². The van der Waals surface area contributed by atoms with E-state index in [1.165, 1.54) is 5.56 Å². The minimum atomic E-state index is -0.179. The standard InChI is InChI=1S/C19H16ClNO2.C6H7NO/c1-11-14-8-15(16(20)9-17(14)21-18(11)23)12-2-4-13(5-3-12)19(10-22)6-7-19;1-8-6-4-2-3-5-7-6/h2-5,8-9,22H,1,6-7,10H2,(H,21,23);2-5H,1H3. The highest BCUT2D eigenvalue weighted by atomic mass is 35.5. The Bertz CT molecular complexity index is 1120. The molecule has 1 amide bonds. The van der Waals surface area contributed by atoms with Crippen molar-refractivity contribution in [1.29, 1.82) is 0 Å². The van der Waals surface area contributed by atoms with Crippen molar-refractivity contribution >= 4 is 28.8 Å². The summed E-state index contributed by atoms with van der Waals surface area (Å²) in [5, 5.41) is 12.9. The molecule has 0 unspecified atom stereocenters. The Labute approximate surface area is 186 Å². The van der Waals surface area contributed by atoms with Gasteiger partial charge in [0.05, 0.1) is 24.4 Å². The lowest BCUT2D eigenvalue weighted by Crippen LogP contribution is -2.11. The summed E-state index contributed by atoms with van der Waals surface area (Å²) >= 11 is 6.39. The van der Waals surface area contributed by atoms with Crippen LogP contribution in [0.25, 0.3) is 16.7 Å². The Kier molecular flexibility index (Phi) is 5.81. The molecule has 2 aliphatic rings. The van der Waals surface area contributed by atoms with Crippen LogP contribution in [0.2, 0.25) is 5.02 Å². The summed E-state index contributed by atoms with van der Waals surface area (Å²) in [6, 6.07) is 17.4. The molecule has 2 N–H and O–H groups in total. The Hall–Kier alpha value is -3.15. The predicted octanol–water partition coefficient (Wildman–Crippen LogP) is 5.09. The van der Waals surface area contributed by atoms with Gasteiger partial charge in [0.25, 0.3) is 5.91 Å². The molecule has 0 saturated heterocycles. The number of ether oxygens (including phenoxy) is 1. The van der Waals surface area contributed by atoms with Gasteiger partial charge in [0.1, 0.15) is 0 Å². The molecule has 1 aliphatic heterocycles. The molecule has 1 aromatic heterocycles. The number of hydrogen-bond acceptors (Lipinski definition) is 4. The number of amides is 1. The van der Waals surface area contributed by atoms with E-state index >= 15 is 0 Å². The third kappa shape index (κ3) is 4.20. The number of benzene rings is 2. The number of aromatic nitrogens is 1. The highest BCUT2D eigenvalue weighted by Gasteiger charge is 2.43. The maximum atomic E-state index is 11.7. The number of halogens is 1. The van der Waals surface area contributed by atoms with Crippen molar-refractivity contribution in [2.45, 2.75) is 18.3 Å². The topological polar surface area (TPSA) is 71.5 Å². The summed E-state index contributed by atoms with van der Waals surface area (Å²) in [6.45, 7) is 4.02. The first-order valence-corrected chi connectivity index (χ1v) is 10.4. The van der Waals surface area contributed by atoms with E-state index in [4.69, 9.17) is 16.3 Å². The number of fused-ring (bicyclic) bond motifs is 1. The highest BCUT2D eigenvalue weighted by molar-refractivity contribution is 6.36. The molecule has 5 rings (SSSR count). The number of carbonyl (C=O) groups is 1. The van der Waals surface area contributed by atoms with Crippen molar-refractivity contribution in [1.82, 2.24) is 4.98 Å². The molecule has 5 nitrogen and oxygen atoms in total. The third-order valence-corrected chi connectivity index (χ3v) is 6.08. The average Bonchev–Trinajstić information content (AvgIpc) is 3.56. The van der Waals surface area contributed by atoms with Gasteiger partial charge in [0.2, 0.25) is 5.88 Å². The highest BCUT2D eigenvalue weighted by Crippen LogP contribution is 2.48. The summed E-state index contributed by atoms with van der Waals surface area (Å²) in [7, 11) is 1.60. The van der Waals surface area contributed by atoms with Gasteiger partial charge in [-0.15, -0.1) is 0 Å².